The van der Waals surface area contributed by atoms with Crippen LogP contribution in [0.1, 0.15) is 17.2 Å². The SMILES string of the molecule is Cc1ccc(-c2cc(=O)oc3cc(OC(Cn4ccnc4)c4ccccc4)ccc23)cc1. The van der Waals surface area contributed by atoms with Gasteiger partial charge >= 0.3 is 5.63 Å². The first-order chi connectivity index (χ1) is 15.7. The molecule has 0 aliphatic rings. The van der Waals surface area contributed by atoms with Crippen molar-refractivity contribution in [3.63, 3.8) is 0 Å². The van der Waals surface area contributed by atoms with Crippen molar-refractivity contribution in [2.24, 2.45) is 0 Å². The van der Waals surface area contributed by atoms with E-state index in [2.05, 4.69) is 4.98 Å². The molecule has 0 aliphatic heterocycles. The third-order valence-electron chi connectivity index (χ3n) is 5.46. The summed E-state index contributed by atoms with van der Waals surface area (Å²) in [5.74, 6) is 0.635. The number of imidazole rings is 1. The summed E-state index contributed by atoms with van der Waals surface area (Å²) < 4.78 is 13.9. The molecule has 3 aromatic carbocycles. The van der Waals surface area contributed by atoms with E-state index in [1.807, 2.05) is 84.4 Å². The van der Waals surface area contributed by atoms with Crippen molar-refractivity contribution in [1.82, 2.24) is 9.55 Å². The smallest absolute Gasteiger partial charge is 0.336 e. The minimum atomic E-state index is -0.386. The second-order valence-corrected chi connectivity index (χ2v) is 7.78. The number of hydrogen-bond acceptors (Lipinski definition) is 4. The van der Waals surface area contributed by atoms with Gasteiger partial charge in [0.15, 0.2) is 0 Å². The standard InChI is InChI=1S/C27H22N2O3/c1-19-7-9-20(10-8-19)24-16-27(30)32-25-15-22(11-12-23(24)25)31-26(17-29-14-13-28-18-29)21-5-3-2-4-6-21/h2-16,18,26H,17H2,1H3. The summed E-state index contributed by atoms with van der Waals surface area (Å²) in [5.41, 5.74) is 4.16. The Hall–Kier alpha value is -4.12. The van der Waals surface area contributed by atoms with Crippen LogP contribution < -0.4 is 10.4 Å². The highest BCUT2D eigenvalue weighted by atomic mass is 16.5. The number of rotatable bonds is 6. The summed E-state index contributed by atoms with van der Waals surface area (Å²) in [6.45, 7) is 2.65. The number of fused-ring (bicyclic) bond motifs is 1. The third-order valence-corrected chi connectivity index (χ3v) is 5.46. The zero-order valence-corrected chi connectivity index (χ0v) is 17.6. The molecule has 32 heavy (non-hydrogen) atoms. The van der Waals surface area contributed by atoms with Crippen LogP contribution in [-0.4, -0.2) is 9.55 Å². The Balaban J connectivity index is 1.52. The lowest BCUT2D eigenvalue weighted by Gasteiger charge is -2.20. The van der Waals surface area contributed by atoms with Crippen LogP contribution in [0.15, 0.2) is 107 Å². The number of benzene rings is 3. The molecule has 0 fully saturated rings. The summed E-state index contributed by atoms with van der Waals surface area (Å²) >= 11 is 0. The minimum Gasteiger partial charge on any atom is -0.484 e. The zero-order valence-electron chi connectivity index (χ0n) is 17.6. The van der Waals surface area contributed by atoms with Crippen LogP contribution in [0.25, 0.3) is 22.1 Å². The van der Waals surface area contributed by atoms with Crippen LogP contribution in [0.2, 0.25) is 0 Å². The number of aromatic nitrogens is 2. The maximum atomic E-state index is 12.3. The molecule has 0 spiro atoms. The van der Waals surface area contributed by atoms with Gasteiger partial charge in [-0.3, -0.25) is 0 Å². The summed E-state index contributed by atoms with van der Waals surface area (Å²) in [6.07, 6.45) is 5.20. The molecule has 5 rings (SSSR count). The molecule has 0 saturated carbocycles. The van der Waals surface area contributed by atoms with E-state index in [0.717, 1.165) is 22.1 Å². The molecule has 158 valence electrons. The maximum absolute atomic E-state index is 12.3. The zero-order chi connectivity index (χ0) is 21.9. The third kappa shape index (κ3) is 4.18. The second-order valence-electron chi connectivity index (χ2n) is 7.78. The number of hydrogen-bond donors (Lipinski definition) is 0. The molecule has 0 radical (unpaired) electrons. The van der Waals surface area contributed by atoms with Gasteiger partial charge in [0.05, 0.1) is 12.9 Å². The summed E-state index contributed by atoms with van der Waals surface area (Å²) in [6, 6.07) is 25.4. The maximum Gasteiger partial charge on any atom is 0.336 e. The van der Waals surface area contributed by atoms with E-state index >= 15 is 0 Å². The fourth-order valence-corrected chi connectivity index (χ4v) is 3.82. The highest BCUT2D eigenvalue weighted by molar-refractivity contribution is 5.93. The number of nitrogens with zero attached hydrogens (tertiary/aromatic N) is 2. The first-order valence-corrected chi connectivity index (χ1v) is 10.5. The van der Waals surface area contributed by atoms with Crippen molar-refractivity contribution < 1.29 is 9.15 Å². The van der Waals surface area contributed by atoms with Gasteiger partial charge in [-0.2, -0.15) is 0 Å². The van der Waals surface area contributed by atoms with Crippen molar-refractivity contribution in [1.29, 1.82) is 0 Å². The van der Waals surface area contributed by atoms with Crippen LogP contribution in [0.3, 0.4) is 0 Å². The lowest BCUT2D eigenvalue weighted by atomic mass is 10.0. The first kappa shape index (κ1) is 19.8. The molecular weight excluding hydrogens is 400 g/mol. The van der Waals surface area contributed by atoms with E-state index in [-0.39, 0.29) is 11.7 Å². The monoisotopic (exact) mass is 422 g/mol. The van der Waals surface area contributed by atoms with Gasteiger partial charge < -0.3 is 13.7 Å². The molecule has 1 atom stereocenters. The van der Waals surface area contributed by atoms with Crippen molar-refractivity contribution in [2.45, 2.75) is 19.6 Å². The lowest BCUT2D eigenvalue weighted by Crippen LogP contribution is -2.14. The first-order valence-electron chi connectivity index (χ1n) is 10.5. The van der Waals surface area contributed by atoms with E-state index in [9.17, 15) is 4.79 Å². The highest BCUT2D eigenvalue weighted by Gasteiger charge is 2.16. The van der Waals surface area contributed by atoms with Gasteiger partial charge in [-0.25, -0.2) is 9.78 Å². The van der Waals surface area contributed by atoms with Crippen molar-refractivity contribution in [3.8, 4) is 16.9 Å². The Morgan fingerprint density at radius 2 is 1.81 bits per heavy atom. The average Bonchev–Trinajstić information content (AvgIpc) is 3.32. The fraction of sp³-hybridized carbons (Fsp3) is 0.111. The quantitative estimate of drug-likeness (QED) is 0.325. The van der Waals surface area contributed by atoms with Gasteiger partial charge in [-0.15, -0.1) is 0 Å². The predicted octanol–water partition coefficient (Wildman–Crippen LogP) is 5.79. The molecular formula is C27H22N2O3. The molecule has 0 aliphatic carbocycles. The Labute approximate surface area is 185 Å². The predicted molar refractivity (Wildman–Crippen MR) is 125 cm³/mol. The molecule has 0 amide bonds. The van der Waals surface area contributed by atoms with Gasteiger partial charge in [-0.1, -0.05) is 60.2 Å². The molecule has 0 N–H and O–H groups in total. The van der Waals surface area contributed by atoms with Crippen LogP contribution >= 0.6 is 0 Å². The van der Waals surface area contributed by atoms with Crippen molar-refractivity contribution in [3.05, 3.63) is 119 Å². The Bertz CT molecular complexity index is 1390. The lowest BCUT2D eigenvalue weighted by molar-refractivity contribution is 0.183. The average molecular weight is 422 g/mol. The summed E-state index contributed by atoms with van der Waals surface area (Å²) in [5, 5.41) is 0.867. The Kier molecular flexibility index (Phi) is 5.30. The van der Waals surface area contributed by atoms with Crippen molar-refractivity contribution >= 4 is 11.0 Å². The molecule has 1 unspecified atom stereocenters. The van der Waals surface area contributed by atoms with E-state index in [0.29, 0.717) is 17.9 Å². The largest absolute Gasteiger partial charge is 0.484 e. The molecule has 0 bridgehead atoms. The normalized spacial score (nSPS) is 12.0. The van der Waals surface area contributed by atoms with Gasteiger partial charge in [0.25, 0.3) is 0 Å². The van der Waals surface area contributed by atoms with E-state index in [4.69, 9.17) is 9.15 Å². The molecule has 5 aromatic rings. The second kappa shape index (κ2) is 8.55. The van der Waals surface area contributed by atoms with Crippen LogP contribution in [-0.2, 0) is 6.54 Å². The molecule has 5 nitrogen and oxygen atoms in total. The number of ether oxygens (including phenoxy) is 1. The van der Waals surface area contributed by atoms with Crippen molar-refractivity contribution in [2.75, 3.05) is 0 Å². The van der Waals surface area contributed by atoms with E-state index in [1.165, 1.54) is 5.56 Å². The van der Waals surface area contributed by atoms with Gasteiger partial charge in [0.1, 0.15) is 17.4 Å². The number of aryl methyl sites for hydroxylation is 1. The van der Waals surface area contributed by atoms with Gasteiger partial charge in [0.2, 0.25) is 0 Å². The van der Waals surface area contributed by atoms with E-state index < -0.39 is 0 Å². The van der Waals surface area contributed by atoms with Crippen LogP contribution in [0.4, 0.5) is 0 Å². The topological polar surface area (TPSA) is 57.3 Å². The summed E-state index contributed by atoms with van der Waals surface area (Å²) in [4.78, 5) is 16.4. The van der Waals surface area contributed by atoms with Gasteiger partial charge in [0, 0.05) is 29.9 Å². The minimum absolute atomic E-state index is 0.227. The Morgan fingerprint density at radius 1 is 1.00 bits per heavy atom. The summed E-state index contributed by atoms with van der Waals surface area (Å²) in [7, 11) is 0. The van der Waals surface area contributed by atoms with E-state index in [1.54, 1.807) is 24.7 Å². The molecule has 2 aromatic heterocycles. The van der Waals surface area contributed by atoms with Crippen LogP contribution in [0, 0.1) is 6.92 Å². The van der Waals surface area contributed by atoms with Crippen LogP contribution in [0.5, 0.6) is 5.75 Å². The fourth-order valence-electron chi connectivity index (χ4n) is 3.82. The molecule has 0 saturated heterocycles. The highest BCUT2D eigenvalue weighted by Crippen LogP contribution is 2.32. The molecule has 2 heterocycles. The molecule has 5 heteroatoms. The Morgan fingerprint density at radius 3 is 2.56 bits per heavy atom. The van der Waals surface area contributed by atoms with Gasteiger partial charge in [-0.05, 0) is 35.7 Å².